The first-order chi connectivity index (χ1) is 5.77. The van der Waals surface area contributed by atoms with Gasteiger partial charge >= 0.3 is 0 Å². The number of pyridine rings is 1. The van der Waals surface area contributed by atoms with Crippen LogP contribution in [0.5, 0.6) is 5.88 Å². The lowest BCUT2D eigenvalue weighted by atomic mass is 10.2. The smallest absolute Gasteiger partial charge is 0.297 e. The van der Waals surface area contributed by atoms with Crippen molar-refractivity contribution < 1.29 is 9.32 Å². The van der Waals surface area contributed by atoms with Gasteiger partial charge in [-0.15, -0.1) is 0 Å². The summed E-state index contributed by atoms with van der Waals surface area (Å²) in [6.07, 6.45) is 1.55. The molecule has 1 N–H and O–H groups in total. The maximum Gasteiger partial charge on any atom is 0.297 e. The molecule has 0 spiro atoms. The molecular weight excluding hydrogens is 199 g/mol. The van der Waals surface area contributed by atoms with Crippen LogP contribution >= 0.6 is 18.9 Å². The molecule has 12 heavy (non-hydrogen) atoms. The van der Waals surface area contributed by atoms with Gasteiger partial charge in [0.1, 0.15) is 5.56 Å². The lowest BCUT2D eigenvalue weighted by molar-refractivity contribution is 0.0973. The number of hydrogen-bond donors (Lipinski definition) is 1. The van der Waals surface area contributed by atoms with Crippen LogP contribution in [-0.2, 0) is 0 Å². The molecule has 2 rings (SSSR count). The maximum absolute atomic E-state index is 11.2. The van der Waals surface area contributed by atoms with Crippen molar-refractivity contribution in [2.24, 2.45) is 0 Å². The average Bonchev–Trinajstić information content (AvgIpc) is 2.04. The summed E-state index contributed by atoms with van der Waals surface area (Å²) in [6, 6.07) is 3.31. The van der Waals surface area contributed by atoms with Gasteiger partial charge < -0.3 is 4.52 Å². The molecule has 1 atom stereocenters. The Kier molecular flexibility index (Phi) is 1.87. The number of aromatic nitrogens is 1. The molecule has 0 radical (unpaired) electrons. The normalized spacial score (nSPS) is 20.8. The fourth-order valence-corrected chi connectivity index (χ4v) is 1.92. The van der Waals surface area contributed by atoms with E-state index in [-0.39, 0.29) is 5.91 Å². The SMILES string of the molecule is O=C1NP(Cl)Oc2ncccc21. The van der Waals surface area contributed by atoms with E-state index in [1.807, 2.05) is 0 Å². The Labute approximate surface area is 74.6 Å². The molecule has 6 heteroatoms. The Morgan fingerprint density at radius 2 is 2.50 bits per heavy atom. The molecule has 1 aliphatic heterocycles. The molecule has 1 unspecified atom stereocenters. The number of hydrogen-bond acceptors (Lipinski definition) is 3. The zero-order valence-electron chi connectivity index (χ0n) is 5.82. The third kappa shape index (κ3) is 1.24. The van der Waals surface area contributed by atoms with Crippen LogP contribution in [0.3, 0.4) is 0 Å². The van der Waals surface area contributed by atoms with E-state index in [0.29, 0.717) is 11.4 Å². The lowest BCUT2D eigenvalue weighted by Crippen LogP contribution is -2.23. The van der Waals surface area contributed by atoms with E-state index in [4.69, 9.17) is 15.8 Å². The first kappa shape index (κ1) is 7.77. The van der Waals surface area contributed by atoms with Gasteiger partial charge in [-0.1, -0.05) is 0 Å². The van der Waals surface area contributed by atoms with Gasteiger partial charge in [0.15, 0.2) is 0 Å². The van der Waals surface area contributed by atoms with Gasteiger partial charge in [-0.3, -0.25) is 9.88 Å². The topological polar surface area (TPSA) is 51.2 Å². The van der Waals surface area contributed by atoms with E-state index < -0.39 is 7.65 Å². The van der Waals surface area contributed by atoms with E-state index >= 15 is 0 Å². The number of amides is 1. The summed E-state index contributed by atoms with van der Waals surface area (Å²) >= 11 is 5.61. The van der Waals surface area contributed by atoms with Crippen molar-refractivity contribution in [2.45, 2.75) is 0 Å². The van der Waals surface area contributed by atoms with Gasteiger partial charge in [0.25, 0.3) is 13.6 Å². The molecule has 4 nitrogen and oxygen atoms in total. The molecule has 1 aromatic heterocycles. The number of fused-ring (bicyclic) bond motifs is 1. The van der Waals surface area contributed by atoms with E-state index in [0.717, 1.165) is 0 Å². The minimum Gasteiger partial charge on any atom is -0.421 e. The van der Waals surface area contributed by atoms with Crippen molar-refractivity contribution in [3.05, 3.63) is 23.9 Å². The number of halogens is 1. The number of carbonyl (C=O) groups excluding carboxylic acids is 1. The van der Waals surface area contributed by atoms with Crippen LogP contribution in [0, 0.1) is 0 Å². The molecule has 0 aromatic carbocycles. The predicted molar refractivity (Wildman–Crippen MR) is 45.1 cm³/mol. The summed E-state index contributed by atoms with van der Waals surface area (Å²) in [6.45, 7) is 0. The molecule has 62 valence electrons. The van der Waals surface area contributed by atoms with Gasteiger partial charge in [0.05, 0.1) is 0 Å². The van der Waals surface area contributed by atoms with Crippen LogP contribution in [-0.4, -0.2) is 10.9 Å². The summed E-state index contributed by atoms with van der Waals surface area (Å²) in [5, 5.41) is 2.46. The second-order valence-electron chi connectivity index (χ2n) is 2.13. The number of nitrogens with zero attached hydrogens (tertiary/aromatic N) is 1. The summed E-state index contributed by atoms with van der Waals surface area (Å²) in [4.78, 5) is 15.1. The Morgan fingerprint density at radius 1 is 1.67 bits per heavy atom. The highest BCUT2D eigenvalue weighted by atomic mass is 35.7. The molecule has 2 heterocycles. The van der Waals surface area contributed by atoms with Gasteiger partial charge in [-0.2, -0.15) is 0 Å². The van der Waals surface area contributed by atoms with Crippen LogP contribution in [0.2, 0.25) is 0 Å². The molecule has 1 aliphatic rings. The first-order valence-electron chi connectivity index (χ1n) is 3.17. The highest BCUT2D eigenvalue weighted by molar-refractivity contribution is 7.79. The maximum atomic E-state index is 11.2. The summed E-state index contributed by atoms with van der Waals surface area (Å²) in [5.74, 6) is 0.0767. The minimum absolute atomic E-state index is 0.231. The van der Waals surface area contributed by atoms with Crippen molar-refractivity contribution in [3.8, 4) is 5.88 Å². The van der Waals surface area contributed by atoms with Gasteiger partial charge in [-0.05, 0) is 23.4 Å². The standard InChI is InChI=1S/C6H4ClN2O2P/c7-12-9-5(10)4-2-1-3-8-6(4)11-12/h1-3H,(H,9,10). The van der Waals surface area contributed by atoms with Crippen LogP contribution in [0.1, 0.15) is 10.4 Å². The van der Waals surface area contributed by atoms with Crippen molar-refractivity contribution >= 4 is 24.8 Å². The monoisotopic (exact) mass is 202 g/mol. The van der Waals surface area contributed by atoms with Crippen molar-refractivity contribution in [1.29, 1.82) is 0 Å². The Bertz CT molecular complexity index is 333. The van der Waals surface area contributed by atoms with Crippen molar-refractivity contribution in [1.82, 2.24) is 10.1 Å². The molecule has 1 aromatic rings. The highest BCUT2D eigenvalue weighted by Crippen LogP contribution is 2.42. The Morgan fingerprint density at radius 3 is 3.33 bits per heavy atom. The zero-order valence-corrected chi connectivity index (χ0v) is 7.47. The second-order valence-corrected chi connectivity index (χ2v) is 3.95. The van der Waals surface area contributed by atoms with Crippen molar-refractivity contribution in [3.63, 3.8) is 0 Å². The van der Waals surface area contributed by atoms with Crippen LogP contribution in [0.25, 0.3) is 0 Å². The Balaban J connectivity index is 2.47. The minimum atomic E-state index is -1.41. The molecule has 0 fully saturated rings. The zero-order chi connectivity index (χ0) is 8.55. The molecule has 0 saturated carbocycles. The molecular formula is C6H4ClN2O2P. The summed E-state index contributed by atoms with van der Waals surface area (Å²) < 4.78 is 5.09. The largest absolute Gasteiger partial charge is 0.421 e. The summed E-state index contributed by atoms with van der Waals surface area (Å²) in [5.41, 5.74) is 0.428. The van der Waals surface area contributed by atoms with Gasteiger partial charge in [0.2, 0.25) is 5.88 Å². The fourth-order valence-electron chi connectivity index (χ4n) is 0.875. The van der Waals surface area contributed by atoms with Crippen LogP contribution < -0.4 is 9.61 Å². The predicted octanol–water partition coefficient (Wildman–Crippen LogP) is 1.67. The van der Waals surface area contributed by atoms with Gasteiger partial charge in [-0.25, -0.2) is 4.98 Å². The average molecular weight is 203 g/mol. The van der Waals surface area contributed by atoms with E-state index in [1.165, 1.54) is 0 Å². The quantitative estimate of drug-likeness (QED) is 0.651. The van der Waals surface area contributed by atoms with E-state index in [9.17, 15) is 4.79 Å². The third-order valence-electron chi connectivity index (χ3n) is 1.37. The highest BCUT2D eigenvalue weighted by Gasteiger charge is 2.25. The molecule has 0 saturated heterocycles. The van der Waals surface area contributed by atoms with E-state index in [1.54, 1.807) is 18.3 Å². The number of nitrogens with one attached hydrogen (secondary N) is 1. The van der Waals surface area contributed by atoms with E-state index in [2.05, 4.69) is 10.1 Å². The number of carbonyl (C=O) groups is 1. The van der Waals surface area contributed by atoms with Crippen LogP contribution in [0.15, 0.2) is 18.3 Å². The van der Waals surface area contributed by atoms with Gasteiger partial charge in [0, 0.05) is 6.20 Å². The second kappa shape index (κ2) is 2.88. The number of rotatable bonds is 0. The summed E-state index contributed by atoms with van der Waals surface area (Å²) in [7, 11) is -1.41. The van der Waals surface area contributed by atoms with Crippen LogP contribution in [0.4, 0.5) is 0 Å². The first-order valence-corrected chi connectivity index (χ1v) is 5.34. The molecule has 1 amide bonds. The lowest BCUT2D eigenvalue weighted by Gasteiger charge is -2.18. The van der Waals surface area contributed by atoms with Crippen molar-refractivity contribution in [2.75, 3.05) is 0 Å². The molecule has 0 bridgehead atoms. The third-order valence-corrected chi connectivity index (χ3v) is 2.54. The molecule has 0 aliphatic carbocycles. The fraction of sp³-hybridized carbons (Fsp3) is 0. The Hall–Kier alpha value is -0.860.